The molecule has 0 bridgehead atoms. The van der Waals surface area contributed by atoms with Crippen molar-refractivity contribution in [1.82, 2.24) is 15.1 Å². The van der Waals surface area contributed by atoms with Gasteiger partial charge in [-0.25, -0.2) is 0 Å². The van der Waals surface area contributed by atoms with Crippen molar-refractivity contribution in [3.63, 3.8) is 0 Å². The fourth-order valence-electron chi connectivity index (χ4n) is 2.34. The topological polar surface area (TPSA) is 102 Å². The van der Waals surface area contributed by atoms with Gasteiger partial charge in [0.2, 0.25) is 5.69 Å². The second-order valence-electron chi connectivity index (χ2n) is 5.10. The van der Waals surface area contributed by atoms with Gasteiger partial charge < -0.3 is 10.6 Å². The van der Waals surface area contributed by atoms with Crippen LogP contribution in [0.5, 0.6) is 0 Å². The lowest BCUT2D eigenvalue weighted by atomic mass is 10.2. The van der Waals surface area contributed by atoms with Gasteiger partial charge >= 0.3 is 5.69 Å². The Hall–Kier alpha value is -2.45. The molecule has 9 heteroatoms. The Morgan fingerprint density at radius 1 is 1.42 bits per heavy atom. The molecule has 0 unspecified atom stereocenters. The van der Waals surface area contributed by atoms with Crippen LogP contribution in [0.25, 0.3) is 0 Å². The molecule has 0 radical (unpaired) electrons. The van der Waals surface area contributed by atoms with E-state index in [1.54, 1.807) is 6.07 Å². The van der Waals surface area contributed by atoms with Crippen molar-refractivity contribution in [1.29, 1.82) is 0 Å². The summed E-state index contributed by atoms with van der Waals surface area (Å²) in [7, 11) is 1.51. The maximum atomic E-state index is 12.4. The average molecular weight is 354 g/mol. The number of aromatic nitrogens is 2. The number of nitro groups is 1. The molecule has 130 valence electrons. The molecule has 2 aromatic rings. The largest absolute Gasteiger partial charge is 0.322 e. The Bertz CT molecular complexity index is 745. The fourth-order valence-corrected chi connectivity index (χ4v) is 2.34. The molecule has 0 aliphatic rings. The van der Waals surface area contributed by atoms with Crippen LogP contribution in [0.3, 0.4) is 0 Å². The molecule has 0 spiro atoms. The van der Waals surface area contributed by atoms with E-state index in [0.717, 1.165) is 12.1 Å². The zero-order valence-corrected chi connectivity index (χ0v) is 14.5. The van der Waals surface area contributed by atoms with E-state index in [2.05, 4.69) is 15.7 Å². The van der Waals surface area contributed by atoms with Gasteiger partial charge in [-0.3, -0.25) is 19.6 Å². The van der Waals surface area contributed by atoms with E-state index in [1.165, 1.54) is 18.7 Å². The molecule has 8 nitrogen and oxygen atoms in total. The fraction of sp³-hybridized carbons (Fsp3) is 0.333. The molecule has 0 aliphatic carbocycles. The predicted molar refractivity (Wildman–Crippen MR) is 93.6 cm³/mol. The van der Waals surface area contributed by atoms with Gasteiger partial charge in [-0.1, -0.05) is 19.1 Å². The van der Waals surface area contributed by atoms with E-state index in [9.17, 15) is 14.9 Å². The van der Waals surface area contributed by atoms with Crippen molar-refractivity contribution >= 4 is 29.7 Å². The molecule has 1 aromatic heterocycles. The Labute approximate surface area is 145 Å². The summed E-state index contributed by atoms with van der Waals surface area (Å²) in [6, 6.07) is 7.33. The van der Waals surface area contributed by atoms with E-state index in [0.29, 0.717) is 12.2 Å². The standard InChI is InChI=1S/C15H19N5O3.ClH/c1-4-16-9-11-6-5-7-12(8-11)17-15(21)14-13(20(22)23)10(2)18-19(14)3;/h5-8,16H,4,9H2,1-3H3,(H,17,21);1H. The minimum absolute atomic E-state index is 0. The summed E-state index contributed by atoms with van der Waals surface area (Å²) in [6.45, 7) is 5.05. The van der Waals surface area contributed by atoms with E-state index < -0.39 is 10.8 Å². The summed E-state index contributed by atoms with van der Waals surface area (Å²) in [6.07, 6.45) is 0. The van der Waals surface area contributed by atoms with Gasteiger partial charge in [-0.05, 0) is 31.2 Å². The van der Waals surface area contributed by atoms with Gasteiger partial charge in [-0.2, -0.15) is 5.10 Å². The lowest BCUT2D eigenvalue weighted by Gasteiger charge is -2.08. The number of anilines is 1. The van der Waals surface area contributed by atoms with E-state index in [4.69, 9.17) is 0 Å². The zero-order chi connectivity index (χ0) is 17.0. The van der Waals surface area contributed by atoms with E-state index in [1.807, 2.05) is 25.1 Å². The first kappa shape index (κ1) is 19.6. The Balaban J connectivity index is 0.00000288. The highest BCUT2D eigenvalue weighted by Crippen LogP contribution is 2.23. The lowest BCUT2D eigenvalue weighted by molar-refractivity contribution is -0.385. The van der Waals surface area contributed by atoms with Crippen molar-refractivity contribution in [2.75, 3.05) is 11.9 Å². The Morgan fingerprint density at radius 2 is 2.12 bits per heavy atom. The molecule has 1 heterocycles. The van der Waals surface area contributed by atoms with Crippen LogP contribution in [0.15, 0.2) is 24.3 Å². The first-order chi connectivity index (χ1) is 10.9. The lowest BCUT2D eigenvalue weighted by Crippen LogP contribution is -2.18. The summed E-state index contributed by atoms with van der Waals surface area (Å²) in [4.78, 5) is 23.0. The van der Waals surface area contributed by atoms with Gasteiger partial charge in [0, 0.05) is 19.3 Å². The first-order valence-corrected chi connectivity index (χ1v) is 7.23. The minimum Gasteiger partial charge on any atom is -0.320 e. The highest BCUT2D eigenvalue weighted by atomic mass is 35.5. The summed E-state index contributed by atoms with van der Waals surface area (Å²) in [5, 5.41) is 21.0. The number of halogens is 1. The van der Waals surface area contributed by atoms with Crippen LogP contribution in [-0.4, -0.2) is 27.2 Å². The normalized spacial score (nSPS) is 10.1. The maximum absolute atomic E-state index is 12.4. The summed E-state index contributed by atoms with van der Waals surface area (Å²) in [5.74, 6) is -0.555. The quantitative estimate of drug-likeness (QED) is 0.613. The number of nitrogens with one attached hydrogen (secondary N) is 2. The number of nitrogens with zero attached hydrogens (tertiary/aromatic N) is 3. The van der Waals surface area contributed by atoms with Crippen molar-refractivity contribution in [2.24, 2.45) is 7.05 Å². The van der Waals surface area contributed by atoms with Crippen LogP contribution in [0.4, 0.5) is 11.4 Å². The Kier molecular flexibility index (Phi) is 6.87. The number of carbonyl (C=O) groups excluding carboxylic acids is 1. The molecular formula is C15H20ClN5O3. The summed E-state index contributed by atoms with van der Waals surface area (Å²) in [5.41, 5.74) is 1.47. The molecule has 0 aliphatic heterocycles. The number of carbonyl (C=O) groups is 1. The number of hydrogen-bond donors (Lipinski definition) is 2. The van der Waals surface area contributed by atoms with Crippen molar-refractivity contribution in [2.45, 2.75) is 20.4 Å². The predicted octanol–water partition coefficient (Wildman–Crippen LogP) is 2.42. The van der Waals surface area contributed by atoms with Crippen LogP contribution in [-0.2, 0) is 13.6 Å². The first-order valence-electron chi connectivity index (χ1n) is 7.23. The monoisotopic (exact) mass is 353 g/mol. The highest BCUT2D eigenvalue weighted by Gasteiger charge is 2.29. The van der Waals surface area contributed by atoms with Crippen molar-refractivity contribution < 1.29 is 9.72 Å². The smallest absolute Gasteiger partial charge is 0.320 e. The molecule has 1 amide bonds. The van der Waals surface area contributed by atoms with Gasteiger partial charge in [0.1, 0.15) is 5.69 Å². The number of benzene rings is 1. The molecule has 0 saturated carbocycles. The van der Waals surface area contributed by atoms with Gasteiger partial charge in [0.25, 0.3) is 5.91 Å². The minimum atomic E-state index is -0.584. The number of amides is 1. The molecular weight excluding hydrogens is 334 g/mol. The maximum Gasteiger partial charge on any atom is 0.322 e. The third-order valence-corrected chi connectivity index (χ3v) is 3.35. The van der Waals surface area contributed by atoms with E-state index >= 15 is 0 Å². The van der Waals surface area contributed by atoms with Gasteiger partial charge in [0.15, 0.2) is 0 Å². The van der Waals surface area contributed by atoms with Crippen LogP contribution >= 0.6 is 12.4 Å². The van der Waals surface area contributed by atoms with Gasteiger partial charge in [0.05, 0.1) is 4.92 Å². The van der Waals surface area contributed by atoms with Crippen molar-refractivity contribution in [3.8, 4) is 0 Å². The average Bonchev–Trinajstić information content (AvgIpc) is 2.80. The third kappa shape index (κ3) is 4.30. The van der Waals surface area contributed by atoms with E-state index in [-0.39, 0.29) is 29.5 Å². The van der Waals surface area contributed by atoms with Crippen LogP contribution in [0, 0.1) is 17.0 Å². The molecule has 0 atom stereocenters. The van der Waals surface area contributed by atoms with Gasteiger partial charge in [-0.15, -0.1) is 12.4 Å². The SMILES string of the molecule is CCNCc1cccc(NC(=O)c2c([N+](=O)[O-])c(C)nn2C)c1.Cl. The summed E-state index contributed by atoms with van der Waals surface area (Å²) < 4.78 is 1.23. The second-order valence-corrected chi connectivity index (χ2v) is 5.10. The molecule has 1 aromatic carbocycles. The second kappa shape index (κ2) is 8.42. The van der Waals surface area contributed by atoms with Crippen LogP contribution in [0.1, 0.15) is 28.7 Å². The number of rotatable bonds is 6. The molecule has 2 rings (SSSR count). The molecule has 2 N–H and O–H groups in total. The van der Waals surface area contributed by atoms with Crippen LogP contribution in [0.2, 0.25) is 0 Å². The highest BCUT2D eigenvalue weighted by molar-refractivity contribution is 6.06. The third-order valence-electron chi connectivity index (χ3n) is 3.35. The number of hydrogen-bond acceptors (Lipinski definition) is 5. The molecule has 0 fully saturated rings. The molecule has 24 heavy (non-hydrogen) atoms. The van der Waals surface area contributed by atoms with Crippen molar-refractivity contribution in [3.05, 3.63) is 51.3 Å². The Morgan fingerprint density at radius 3 is 2.75 bits per heavy atom. The number of aryl methyl sites for hydroxylation is 2. The summed E-state index contributed by atoms with van der Waals surface area (Å²) >= 11 is 0. The van der Waals surface area contributed by atoms with Crippen LogP contribution < -0.4 is 10.6 Å². The molecule has 0 saturated heterocycles. The zero-order valence-electron chi connectivity index (χ0n) is 13.7.